The molecule has 0 aliphatic rings. The van der Waals surface area contributed by atoms with Gasteiger partial charge in [0.1, 0.15) is 16.0 Å². The van der Waals surface area contributed by atoms with Crippen molar-refractivity contribution < 1.29 is 4.79 Å². The highest BCUT2D eigenvalue weighted by molar-refractivity contribution is 7.99. The summed E-state index contributed by atoms with van der Waals surface area (Å²) in [6.45, 7) is 3.85. The predicted octanol–water partition coefficient (Wildman–Crippen LogP) is 4.56. The highest BCUT2D eigenvalue weighted by atomic mass is 32.2. The second kappa shape index (κ2) is 7.71. The van der Waals surface area contributed by atoms with E-state index in [1.807, 2.05) is 49.6 Å². The number of fused-ring (bicyclic) bond motifs is 1. The van der Waals surface area contributed by atoms with E-state index < -0.39 is 0 Å². The topological polar surface area (TPSA) is 80.7 Å². The average Bonchev–Trinajstić information content (AvgIpc) is 3.24. The van der Waals surface area contributed by atoms with Crippen molar-refractivity contribution in [2.45, 2.75) is 19.0 Å². The molecule has 0 saturated carbocycles. The summed E-state index contributed by atoms with van der Waals surface area (Å²) in [4.78, 5) is 31.1. The summed E-state index contributed by atoms with van der Waals surface area (Å²) in [6, 6.07) is 9.91. The molecule has 0 aliphatic heterocycles. The molecule has 9 heteroatoms. The van der Waals surface area contributed by atoms with E-state index in [-0.39, 0.29) is 11.7 Å². The second-order valence-corrected chi connectivity index (χ2v) is 8.72. The molecule has 1 amide bonds. The Morgan fingerprint density at radius 3 is 2.67 bits per heavy atom. The van der Waals surface area contributed by atoms with Crippen molar-refractivity contribution in [3.8, 4) is 11.3 Å². The van der Waals surface area contributed by atoms with Gasteiger partial charge in [-0.15, -0.1) is 11.3 Å². The van der Waals surface area contributed by atoms with Crippen LogP contribution in [-0.2, 0) is 4.79 Å². The first kappa shape index (κ1) is 18.0. The van der Waals surface area contributed by atoms with Gasteiger partial charge < -0.3 is 5.32 Å². The van der Waals surface area contributed by atoms with Crippen molar-refractivity contribution in [1.29, 1.82) is 0 Å². The minimum atomic E-state index is -0.125. The van der Waals surface area contributed by atoms with Crippen LogP contribution in [0.4, 0.5) is 5.13 Å². The number of amides is 1. The number of nitrogens with zero attached hydrogens (tertiary/aromatic N) is 4. The fourth-order valence-electron chi connectivity index (χ4n) is 2.47. The van der Waals surface area contributed by atoms with E-state index in [0.717, 1.165) is 32.3 Å². The maximum Gasteiger partial charge on any atom is 0.236 e. The van der Waals surface area contributed by atoms with E-state index in [1.165, 1.54) is 34.4 Å². The first-order valence-corrected chi connectivity index (χ1v) is 10.8. The zero-order valence-electron chi connectivity index (χ0n) is 14.6. The number of aryl methyl sites for hydroxylation is 2. The first-order chi connectivity index (χ1) is 13.1. The SMILES string of the molecule is Cc1csc(NC(=O)CSc2nc(-c3ccccc3)c3nc(C)sc3n2)n1. The summed E-state index contributed by atoms with van der Waals surface area (Å²) in [7, 11) is 0. The number of nitrogens with one attached hydrogen (secondary N) is 1. The molecule has 1 N–H and O–H groups in total. The molecule has 1 aromatic carbocycles. The average molecular weight is 414 g/mol. The minimum Gasteiger partial charge on any atom is -0.301 e. The third kappa shape index (κ3) is 4.15. The molecule has 0 spiro atoms. The van der Waals surface area contributed by atoms with Gasteiger partial charge in [-0.1, -0.05) is 53.4 Å². The highest BCUT2D eigenvalue weighted by Crippen LogP contribution is 2.31. The van der Waals surface area contributed by atoms with Gasteiger partial charge in [0.2, 0.25) is 5.91 Å². The highest BCUT2D eigenvalue weighted by Gasteiger charge is 2.15. The monoisotopic (exact) mass is 413 g/mol. The summed E-state index contributed by atoms with van der Waals surface area (Å²) in [6.07, 6.45) is 0. The van der Waals surface area contributed by atoms with Gasteiger partial charge in [-0.3, -0.25) is 4.79 Å². The van der Waals surface area contributed by atoms with Gasteiger partial charge in [0.15, 0.2) is 10.3 Å². The normalized spacial score (nSPS) is 11.0. The van der Waals surface area contributed by atoms with Crippen molar-refractivity contribution in [1.82, 2.24) is 19.9 Å². The molecule has 0 saturated heterocycles. The molecule has 0 unspecified atom stereocenters. The van der Waals surface area contributed by atoms with E-state index >= 15 is 0 Å². The lowest BCUT2D eigenvalue weighted by Crippen LogP contribution is -2.14. The number of hydrogen-bond acceptors (Lipinski definition) is 8. The minimum absolute atomic E-state index is 0.125. The number of thiazole rings is 2. The Morgan fingerprint density at radius 1 is 1.11 bits per heavy atom. The summed E-state index contributed by atoms with van der Waals surface area (Å²) < 4.78 is 0. The summed E-state index contributed by atoms with van der Waals surface area (Å²) in [5.74, 6) is 0.0932. The lowest BCUT2D eigenvalue weighted by molar-refractivity contribution is -0.113. The molecule has 4 aromatic rings. The zero-order valence-corrected chi connectivity index (χ0v) is 17.0. The van der Waals surface area contributed by atoms with Gasteiger partial charge in [0.05, 0.1) is 16.5 Å². The Morgan fingerprint density at radius 2 is 1.93 bits per heavy atom. The van der Waals surface area contributed by atoms with Gasteiger partial charge >= 0.3 is 0 Å². The van der Waals surface area contributed by atoms with E-state index in [9.17, 15) is 4.79 Å². The van der Waals surface area contributed by atoms with E-state index in [2.05, 4.69) is 25.3 Å². The number of hydrogen-bond donors (Lipinski definition) is 1. The molecule has 0 radical (unpaired) electrons. The van der Waals surface area contributed by atoms with Crippen LogP contribution in [0.1, 0.15) is 10.7 Å². The summed E-state index contributed by atoms with van der Waals surface area (Å²) in [5, 5.41) is 6.82. The molecule has 3 heterocycles. The van der Waals surface area contributed by atoms with Crippen molar-refractivity contribution in [3.63, 3.8) is 0 Å². The number of benzene rings is 1. The maximum atomic E-state index is 12.2. The molecule has 27 heavy (non-hydrogen) atoms. The van der Waals surface area contributed by atoms with Crippen molar-refractivity contribution in [2.24, 2.45) is 0 Å². The van der Waals surface area contributed by atoms with Crippen LogP contribution < -0.4 is 5.32 Å². The van der Waals surface area contributed by atoms with Crippen molar-refractivity contribution in [2.75, 3.05) is 11.1 Å². The second-order valence-electron chi connectivity index (χ2n) is 5.74. The smallest absolute Gasteiger partial charge is 0.236 e. The van der Waals surface area contributed by atoms with Crippen LogP contribution in [0, 0.1) is 13.8 Å². The largest absolute Gasteiger partial charge is 0.301 e. The third-order valence-corrected chi connectivity index (χ3v) is 6.18. The molecule has 6 nitrogen and oxygen atoms in total. The van der Waals surface area contributed by atoms with Gasteiger partial charge in [-0.2, -0.15) is 0 Å². The lowest BCUT2D eigenvalue weighted by atomic mass is 10.1. The molecule has 0 fully saturated rings. The maximum absolute atomic E-state index is 12.2. The zero-order chi connectivity index (χ0) is 18.8. The number of anilines is 1. The molecule has 136 valence electrons. The third-order valence-electron chi connectivity index (χ3n) is 3.59. The van der Waals surface area contributed by atoms with E-state index in [4.69, 9.17) is 0 Å². The molecule has 0 atom stereocenters. The predicted molar refractivity (Wildman–Crippen MR) is 112 cm³/mol. The molecular weight excluding hydrogens is 398 g/mol. The van der Waals surface area contributed by atoms with Crippen molar-refractivity contribution >= 4 is 55.8 Å². The van der Waals surface area contributed by atoms with E-state index in [1.54, 1.807) is 0 Å². The Bertz CT molecular complexity index is 1110. The van der Waals surface area contributed by atoms with Crippen LogP contribution in [0.25, 0.3) is 21.6 Å². The summed E-state index contributed by atoms with van der Waals surface area (Å²) in [5.41, 5.74) is 3.48. The first-order valence-electron chi connectivity index (χ1n) is 8.14. The Kier molecular flexibility index (Phi) is 5.15. The van der Waals surface area contributed by atoms with Gasteiger partial charge in [0, 0.05) is 10.9 Å². The molecule has 4 rings (SSSR count). The molecule has 0 aliphatic carbocycles. The molecule has 0 bridgehead atoms. The molecular formula is C18H15N5OS3. The Labute approximate surface area is 168 Å². The standard InChI is InChI=1S/C18H15N5OS3/c1-10-8-25-17(19-10)21-13(24)9-26-18-22-14(12-6-4-3-5-7-12)15-16(23-18)27-11(2)20-15/h3-8H,9H2,1-2H3,(H,19,21,24). The summed E-state index contributed by atoms with van der Waals surface area (Å²) >= 11 is 4.25. The van der Waals surface area contributed by atoms with Crippen LogP contribution in [0.2, 0.25) is 0 Å². The van der Waals surface area contributed by atoms with Crippen molar-refractivity contribution in [3.05, 3.63) is 46.4 Å². The number of thioether (sulfide) groups is 1. The van der Waals surface area contributed by atoms with Crippen LogP contribution in [0.3, 0.4) is 0 Å². The van der Waals surface area contributed by atoms with Crippen LogP contribution in [0.5, 0.6) is 0 Å². The van der Waals surface area contributed by atoms with Crippen LogP contribution in [-0.4, -0.2) is 31.6 Å². The van der Waals surface area contributed by atoms with Crippen LogP contribution in [0.15, 0.2) is 40.9 Å². The Hall–Kier alpha value is -2.36. The molecule has 3 aromatic heterocycles. The van der Waals surface area contributed by atoms with E-state index in [0.29, 0.717) is 10.3 Å². The quantitative estimate of drug-likeness (QED) is 0.382. The van der Waals surface area contributed by atoms with Crippen LogP contribution >= 0.6 is 34.4 Å². The number of carbonyl (C=O) groups excluding carboxylic acids is 1. The van der Waals surface area contributed by atoms with Gasteiger partial charge in [-0.25, -0.2) is 19.9 Å². The number of aromatic nitrogens is 4. The fraction of sp³-hybridized carbons (Fsp3) is 0.167. The lowest BCUT2D eigenvalue weighted by Gasteiger charge is -2.05. The fourth-order valence-corrected chi connectivity index (χ4v) is 4.66. The van der Waals surface area contributed by atoms with Gasteiger partial charge in [-0.05, 0) is 13.8 Å². The number of carbonyl (C=O) groups is 1. The van der Waals surface area contributed by atoms with Gasteiger partial charge in [0.25, 0.3) is 0 Å². The Balaban J connectivity index is 1.57. The number of rotatable bonds is 5.